The number of hydrogen-bond donors (Lipinski definition) is 0. The molecule has 0 aliphatic heterocycles. The zero-order chi connectivity index (χ0) is 18.7. The average Bonchev–Trinajstić information content (AvgIpc) is 3.05. The molecule has 0 radical (unpaired) electrons. The van der Waals surface area contributed by atoms with Gasteiger partial charge in [0.2, 0.25) is 0 Å². The minimum atomic E-state index is -0.322. The van der Waals surface area contributed by atoms with Crippen LogP contribution in [0.25, 0.3) is 5.65 Å². The number of pyridine rings is 1. The molecule has 1 unspecified atom stereocenters. The van der Waals surface area contributed by atoms with E-state index in [0.29, 0.717) is 12.3 Å². The second-order valence-corrected chi connectivity index (χ2v) is 6.42. The van der Waals surface area contributed by atoms with Crippen LogP contribution in [0.1, 0.15) is 28.5 Å². The highest BCUT2D eigenvalue weighted by atomic mass is 19.1. The van der Waals surface area contributed by atoms with E-state index in [1.807, 2.05) is 36.6 Å². The number of aromatic nitrogens is 2. The van der Waals surface area contributed by atoms with Gasteiger partial charge < -0.3 is 14.0 Å². The first-order valence-electron chi connectivity index (χ1n) is 8.48. The van der Waals surface area contributed by atoms with Gasteiger partial charge in [0.05, 0.1) is 12.6 Å². The summed E-state index contributed by atoms with van der Waals surface area (Å²) >= 11 is 0. The summed E-state index contributed by atoms with van der Waals surface area (Å²) in [6, 6.07) is 9.96. The number of carbonyl (C=O) groups is 1. The molecule has 0 bridgehead atoms. The van der Waals surface area contributed by atoms with Crippen LogP contribution in [0.3, 0.4) is 0 Å². The Morgan fingerprint density at radius 1 is 1.35 bits per heavy atom. The molecule has 6 heteroatoms. The molecule has 0 aliphatic carbocycles. The Kier molecular flexibility index (Phi) is 5.32. The summed E-state index contributed by atoms with van der Waals surface area (Å²) in [6.45, 7) is 4.53. The summed E-state index contributed by atoms with van der Waals surface area (Å²) in [5, 5.41) is 0. The molecule has 0 aliphatic rings. The van der Waals surface area contributed by atoms with Crippen molar-refractivity contribution in [2.75, 3.05) is 13.7 Å². The molecule has 3 rings (SSSR count). The van der Waals surface area contributed by atoms with Crippen LogP contribution in [0.15, 0.2) is 48.8 Å². The number of carbonyl (C=O) groups excluding carboxylic acids is 1. The first kappa shape index (κ1) is 18.1. The Morgan fingerprint density at radius 2 is 2.15 bits per heavy atom. The zero-order valence-corrected chi connectivity index (χ0v) is 15.1. The first-order chi connectivity index (χ1) is 12.5. The number of halogens is 1. The van der Waals surface area contributed by atoms with E-state index in [9.17, 15) is 9.18 Å². The van der Waals surface area contributed by atoms with Crippen LogP contribution in [0.5, 0.6) is 0 Å². The number of fused-ring (bicyclic) bond motifs is 1. The van der Waals surface area contributed by atoms with Crippen molar-refractivity contribution >= 4 is 11.6 Å². The quantitative estimate of drug-likeness (QED) is 0.680. The number of nitrogens with zero attached hydrogens (tertiary/aromatic N) is 3. The van der Waals surface area contributed by atoms with Gasteiger partial charge in [0.15, 0.2) is 0 Å². The Bertz CT molecular complexity index is 922. The summed E-state index contributed by atoms with van der Waals surface area (Å²) in [4.78, 5) is 19.3. The van der Waals surface area contributed by atoms with Crippen LogP contribution < -0.4 is 0 Å². The van der Waals surface area contributed by atoms with Crippen molar-refractivity contribution in [3.63, 3.8) is 0 Å². The van der Waals surface area contributed by atoms with Crippen molar-refractivity contribution < 1.29 is 13.9 Å². The van der Waals surface area contributed by atoms with Crippen molar-refractivity contribution in [3.8, 4) is 0 Å². The van der Waals surface area contributed by atoms with Gasteiger partial charge in [-0.15, -0.1) is 0 Å². The van der Waals surface area contributed by atoms with Crippen LogP contribution in [-0.4, -0.2) is 40.0 Å². The predicted octanol–water partition coefficient (Wildman–Crippen LogP) is 3.46. The smallest absolute Gasteiger partial charge is 0.274 e. The molecular weight excluding hydrogens is 333 g/mol. The number of rotatable bonds is 6. The van der Waals surface area contributed by atoms with Gasteiger partial charge in [-0.2, -0.15) is 0 Å². The monoisotopic (exact) mass is 355 g/mol. The van der Waals surface area contributed by atoms with Gasteiger partial charge in [0.1, 0.15) is 17.2 Å². The van der Waals surface area contributed by atoms with E-state index in [1.54, 1.807) is 30.3 Å². The van der Waals surface area contributed by atoms with E-state index < -0.39 is 0 Å². The Balaban J connectivity index is 1.94. The fraction of sp³-hybridized carbons (Fsp3) is 0.300. The van der Waals surface area contributed by atoms with E-state index >= 15 is 0 Å². The summed E-state index contributed by atoms with van der Waals surface area (Å²) in [6.07, 6.45) is 3.59. The largest absolute Gasteiger partial charge is 0.383 e. The molecule has 1 amide bonds. The van der Waals surface area contributed by atoms with Crippen molar-refractivity contribution in [2.24, 2.45) is 0 Å². The highest BCUT2D eigenvalue weighted by molar-refractivity contribution is 5.93. The molecule has 136 valence electrons. The fourth-order valence-corrected chi connectivity index (χ4v) is 2.99. The van der Waals surface area contributed by atoms with Crippen LogP contribution in [-0.2, 0) is 11.3 Å². The highest BCUT2D eigenvalue weighted by Gasteiger charge is 2.24. The predicted molar refractivity (Wildman–Crippen MR) is 97.5 cm³/mol. The minimum absolute atomic E-state index is 0.179. The third-order valence-electron chi connectivity index (χ3n) is 4.34. The molecule has 1 atom stereocenters. The fourth-order valence-electron chi connectivity index (χ4n) is 2.99. The topological polar surface area (TPSA) is 46.8 Å². The van der Waals surface area contributed by atoms with Crippen molar-refractivity contribution in [1.82, 2.24) is 14.3 Å². The number of methoxy groups -OCH3 is 1. The lowest BCUT2D eigenvalue weighted by molar-refractivity contribution is 0.0537. The first-order valence-corrected chi connectivity index (χ1v) is 8.48. The highest BCUT2D eigenvalue weighted by Crippen LogP contribution is 2.16. The van der Waals surface area contributed by atoms with Gasteiger partial charge in [-0.05, 0) is 43.2 Å². The molecule has 0 fully saturated rings. The molecule has 5 nitrogen and oxygen atoms in total. The number of hydrogen-bond acceptors (Lipinski definition) is 3. The molecule has 1 aromatic carbocycles. The number of imidazole rings is 1. The van der Waals surface area contributed by atoms with Gasteiger partial charge in [-0.1, -0.05) is 18.2 Å². The number of ether oxygens (including phenoxy) is 1. The normalized spacial score (nSPS) is 12.3. The van der Waals surface area contributed by atoms with Crippen LogP contribution in [0.2, 0.25) is 0 Å². The molecule has 26 heavy (non-hydrogen) atoms. The maximum Gasteiger partial charge on any atom is 0.274 e. The minimum Gasteiger partial charge on any atom is -0.383 e. The third-order valence-corrected chi connectivity index (χ3v) is 4.34. The average molecular weight is 355 g/mol. The third kappa shape index (κ3) is 3.75. The Morgan fingerprint density at radius 3 is 2.85 bits per heavy atom. The molecule has 0 saturated carbocycles. The number of aryl methyl sites for hydroxylation is 1. The lowest BCUT2D eigenvalue weighted by Crippen LogP contribution is -2.40. The maximum absolute atomic E-state index is 13.5. The van der Waals surface area contributed by atoms with Gasteiger partial charge >= 0.3 is 0 Å². The van der Waals surface area contributed by atoms with Crippen LogP contribution in [0, 0.1) is 12.7 Å². The van der Waals surface area contributed by atoms with Crippen LogP contribution in [0.4, 0.5) is 4.39 Å². The standard InChI is InChI=1S/C20H22FN3O2/c1-14-6-5-9-23-12-18(22-19(14)23)20(25)24(15(2)13-26-3)11-16-7-4-8-17(21)10-16/h4-10,12,15H,11,13H2,1-3H3. The van der Waals surface area contributed by atoms with Crippen molar-refractivity contribution in [3.05, 3.63) is 71.4 Å². The second-order valence-electron chi connectivity index (χ2n) is 6.42. The van der Waals surface area contributed by atoms with Gasteiger partial charge in [-0.3, -0.25) is 4.79 Å². The van der Waals surface area contributed by atoms with E-state index in [4.69, 9.17) is 4.74 Å². The number of benzene rings is 1. The summed E-state index contributed by atoms with van der Waals surface area (Å²) < 4.78 is 20.6. The maximum atomic E-state index is 13.5. The summed E-state index contributed by atoms with van der Waals surface area (Å²) in [5.41, 5.74) is 2.83. The molecular formula is C20H22FN3O2. The Labute approximate surface area is 152 Å². The molecule has 0 N–H and O–H groups in total. The Hall–Kier alpha value is -2.73. The van der Waals surface area contributed by atoms with E-state index in [0.717, 1.165) is 16.8 Å². The van der Waals surface area contributed by atoms with Gasteiger partial charge in [-0.25, -0.2) is 9.37 Å². The van der Waals surface area contributed by atoms with Crippen LogP contribution >= 0.6 is 0 Å². The lowest BCUT2D eigenvalue weighted by Gasteiger charge is -2.28. The number of amides is 1. The molecule has 0 saturated heterocycles. The summed E-state index contributed by atoms with van der Waals surface area (Å²) in [5.74, 6) is -0.528. The van der Waals surface area contributed by atoms with E-state index in [2.05, 4.69) is 4.98 Å². The lowest BCUT2D eigenvalue weighted by atomic mass is 10.1. The van der Waals surface area contributed by atoms with E-state index in [-0.39, 0.29) is 24.3 Å². The SMILES string of the molecule is COCC(C)N(Cc1cccc(F)c1)C(=O)c1cn2cccc(C)c2n1. The summed E-state index contributed by atoms with van der Waals surface area (Å²) in [7, 11) is 1.59. The zero-order valence-electron chi connectivity index (χ0n) is 15.1. The molecule has 3 aromatic rings. The van der Waals surface area contributed by atoms with Gasteiger partial charge in [0.25, 0.3) is 5.91 Å². The molecule has 2 aromatic heterocycles. The van der Waals surface area contributed by atoms with Crippen molar-refractivity contribution in [2.45, 2.75) is 26.4 Å². The second kappa shape index (κ2) is 7.66. The molecule has 2 heterocycles. The van der Waals surface area contributed by atoms with E-state index in [1.165, 1.54) is 12.1 Å². The molecule has 0 spiro atoms. The van der Waals surface area contributed by atoms with Gasteiger partial charge in [0, 0.05) is 26.0 Å². The van der Waals surface area contributed by atoms with Crippen molar-refractivity contribution in [1.29, 1.82) is 0 Å².